The topological polar surface area (TPSA) is 38.5 Å². The molecule has 1 unspecified atom stereocenters. The highest BCUT2D eigenvalue weighted by atomic mass is 16.5. The van der Waals surface area contributed by atoms with Crippen molar-refractivity contribution in [2.45, 2.75) is 51.8 Å². The predicted octanol–water partition coefficient (Wildman–Crippen LogP) is 1.47. The summed E-state index contributed by atoms with van der Waals surface area (Å²) in [6, 6.07) is 0.918. The normalized spacial score (nSPS) is 15.2. The summed E-state index contributed by atoms with van der Waals surface area (Å²) in [5.41, 5.74) is 5.69. The first-order valence-corrected chi connectivity index (χ1v) is 5.31. The standard InChI is InChI=1S/C11H26N2O/c1-9(2)13(5)10(8-12)7-11(3,4)14-6/h9-10H,7-8,12H2,1-6H3. The van der Waals surface area contributed by atoms with Crippen molar-refractivity contribution in [2.24, 2.45) is 5.73 Å². The van der Waals surface area contributed by atoms with Crippen LogP contribution in [0.3, 0.4) is 0 Å². The third kappa shape index (κ3) is 4.40. The van der Waals surface area contributed by atoms with Crippen molar-refractivity contribution in [3.05, 3.63) is 0 Å². The lowest BCUT2D eigenvalue weighted by atomic mass is 9.97. The lowest BCUT2D eigenvalue weighted by Gasteiger charge is -2.35. The number of rotatable bonds is 6. The zero-order chi connectivity index (χ0) is 11.4. The molecule has 2 N–H and O–H groups in total. The van der Waals surface area contributed by atoms with Crippen molar-refractivity contribution in [3.63, 3.8) is 0 Å². The van der Waals surface area contributed by atoms with Gasteiger partial charge in [-0.3, -0.25) is 4.90 Å². The van der Waals surface area contributed by atoms with Crippen molar-refractivity contribution in [1.29, 1.82) is 0 Å². The second-order valence-corrected chi connectivity index (χ2v) is 4.82. The van der Waals surface area contributed by atoms with E-state index in [9.17, 15) is 0 Å². The van der Waals surface area contributed by atoms with Crippen molar-refractivity contribution in [3.8, 4) is 0 Å². The maximum Gasteiger partial charge on any atom is 0.0638 e. The van der Waals surface area contributed by atoms with Crippen LogP contribution in [0.1, 0.15) is 34.1 Å². The van der Waals surface area contributed by atoms with Crippen LogP contribution in [0.4, 0.5) is 0 Å². The largest absolute Gasteiger partial charge is 0.379 e. The number of ether oxygens (including phenoxy) is 1. The molecule has 0 amide bonds. The van der Waals surface area contributed by atoms with Gasteiger partial charge in [-0.15, -0.1) is 0 Å². The molecule has 0 heterocycles. The van der Waals surface area contributed by atoms with Gasteiger partial charge in [0.15, 0.2) is 0 Å². The molecule has 0 rings (SSSR count). The van der Waals surface area contributed by atoms with Gasteiger partial charge in [0.05, 0.1) is 5.60 Å². The highest BCUT2D eigenvalue weighted by Gasteiger charge is 2.25. The summed E-state index contributed by atoms with van der Waals surface area (Å²) in [5.74, 6) is 0. The second kappa shape index (κ2) is 5.69. The van der Waals surface area contributed by atoms with Crippen molar-refractivity contribution in [2.75, 3.05) is 20.7 Å². The molecule has 0 aromatic rings. The molecular weight excluding hydrogens is 176 g/mol. The maximum atomic E-state index is 5.78. The van der Waals surface area contributed by atoms with Gasteiger partial charge in [0.2, 0.25) is 0 Å². The lowest BCUT2D eigenvalue weighted by molar-refractivity contribution is -0.00779. The average Bonchev–Trinajstić information content (AvgIpc) is 2.13. The van der Waals surface area contributed by atoms with Crippen molar-refractivity contribution >= 4 is 0 Å². The Hall–Kier alpha value is -0.120. The van der Waals surface area contributed by atoms with Gasteiger partial charge in [0, 0.05) is 25.7 Å². The monoisotopic (exact) mass is 202 g/mol. The SMILES string of the molecule is COC(C)(C)CC(CN)N(C)C(C)C. The van der Waals surface area contributed by atoms with E-state index in [1.165, 1.54) is 0 Å². The van der Waals surface area contributed by atoms with Crippen LogP contribution in [0.25, 0.3) is 0 Å². The van der Waals surface area contributed by atoms with E-state index in [0.29, 0.717) is 18.6 Å². The Balaban J connectivity index is 4.29. The molecule has 0 aliphatic heterocycles. The molecule has 0 radical (unpaired) electrons. The van der Waals surface area contributed by atoms with Crippen LogP contribution in [-0.2, 0) is 4.74 Å². The van der Waals surface area contributed by atoms with Gasteiger partial charge in [0.25, 0.3) is 0 Å². The molecule has 1 atom stereocenters. The van der Waals surface area contributed by atoms with Crippen LogP contribution in [-0.4, -0.2) is 43.3 Å². The average molecular weight is 202 g/mol. The molecule has 0 fully saturated rings. The molecule has 0 aromatic heterocycles. The molecule has 86 valence electrons. The first kappa shape index (κ1) is 13.9. The maximum absolute atomic E-state index is 5.78. The van der Waals surface area contributed by atoms with E-state index in [-0.39, 0.29) is 5.60 Å². The molecule has 3 nitrogen and oxygen atoms in total. The van der Waals surface area contributed by atoms with E-state index in [1.54, 1.807) is 7.11 Å². The van der Waals surface area contributed by atoms with Crippen LogP contribution in [0.2, 0.25) is 0 Å². The molecule has 0 saturated carbocycles. The van der Waals surface area contributed by atoms with E-state index in [1.807, 2.05) is 0 Å². The Labute approximate surface area is 88.6 Å². The van der Waals surface area contributed by atoms with Gasteiger partial charge >= 0.3 is 0 Å². The third-order valence-corrected chi connectivity index (χ3v) is 2.94. The molecule has 3 heteroatoms. The van der Waals surface area contributed by atoms with Crippen LogP contribution >= 0.6 is 0 Å². The lowest BCUT2D eigenvalue weighted by Crippen LogP contribution is -2.46. The summed E-state index contributed by atoms with van der Waals surface area (Å²) >= 11 is 0. The molecule has 14 heavy (non-hydrogen) atoms. The zero-order valence-electron chi connectivity index (χ0n) is 10.5. The molecule has 0 saturated heterocycles. The fourth-order valence-corrected chi connectivity index (χ4v) is 1.47. The molecular formula is C11H26N2O. The predicted molar refractivity (Wildman–Crippen MR) is 61.4 cm³/mol. The highest BCUT2D eigenvalue weighted by molar-refractivity contribution is 4.81. The highest BCUT2D eigenvalue weighted by Crippen LogP contribution is 2.18. The quantitative estimate of drug-likeness (QED) is 0.709. The van der Waals surface area contributed by atoms with E-state index < -0.39 is 0 Å². The van der Waals surface area contributed by atoms with Gasteiger partial charge in [-0.25, -0.2) is 0 Å². The molecule has 0 aliphatic carbocycles. The Morgan fingerprint density at radius 3 is 2.14 bits per heavy atom. The smallest absolute Gasteiger partial charge is 0.0638 e. The summed E-state index contributed by atoms with van der Waals surface area (Å²) in [6.07, 6.45) is 0.967. The van der Waals surface area contributed by atoms with Crippen LogP contribution < -0.4 is 5.73 Å². The number of nitrogens with two attached hydrogens (primary N) is 1. The number of methoxy groups -OCH3 is 1. The van der Waals surface area contributed by atoms with Crippen molar-refractivity contribution in [1.82, 2.24) is 4.90 Å². The van der Waals surface area contributed by atoms with Gasteiger partial charge in [0.1, 0.15) is 0 Å². The molecule has 0 spiro atoms. The third-order valence-electron chi connectivity index (χ3n) is 2.94. The molecule has 0 aromatic carbocycles. The van der Waals surface area contributed by atoms with Gasteiger partial charge in [-0.05, 0) is 41.2 Å². The summed E-state index contributed by atoms with van der Waals surface area (Å²) in [6.45, 7) is 9.25. The van der Waals surface area contributed by atoms with Gasteiger partial charge < -0.3 is 10.5 Å². The Bertz CT molecular complexity index is 157. The van der Waals surface area contributed by atoms with E-state index in [0.717, 1.165) is 6.42 Å². The summed E-state index contributed by atoms with van der Waals surface area (Å²) in [7, 11) is 3.87. The number of likely N-dealkylation sites (N-methyl/N-ethyl adjacent to an activating group) is 1. The van der Waals surface area contributed by atoms with E-state index in [2.05, 4.69) is 39.6 Å². The van der Waals surface area contributed by atoms with Crippen LogP contribution in [0.5, 0.6) is 0 Å². The second-order valence-electron chi connectivity index (χ2n) is 4.82. The van der Waals surface area contributed by atoms with Gasteiger partial charge in [-0.2, -0.15) is 0 Å². The Morgan fingerprint density at radius 1 is 1.36 bits per heavy atom. The summed E-state index contributed by atoms with van der Waals surface area (Å²) < 4.78 is 5.42. The minimum absolute atomic E-state index is 0.0901. The van der Waals surface area contributed by atoms with Gasteiger partial charge in [-0.1, -0.05) is 0 Å². The minimum atomic E-state index is -0.0901. The summed E-state index contributed by atoms with van der Waals surface area (Å²) in [4.78, 5) is 2.31. The van der Waals surface area contributed by atoms with Crippen molar-refractivity contribution < 1.29 is 4.74 Å². The molecule has 0 aliphatic rings. The number of nitrogens with zero attached hydrogens (tertiary/aromatic N) is 1. The first-order valence-electron chi connectivity index (χ1n) is 5.31. The number of hydrogen-bond donors (Lipinski definition) is 1. The summed E-state index contributed by atoms with van der Waals surface area (Å²) in [5, 5.41) is 0. The minimum Gasteiger partial charge on any atom is -0.379 e. The van der Waals surface area contributed by atoms with E-state index in [4.69, 9.17) is 10.5 Å². The fourth-order valence-electron chi connectivity index (χ4n) is 1.47. The zero-order valence-corrected chi connectivity index (χ0v) is 10.5. The van der Waals surface area contributed by atoms with Crippen LogP contribution in [0.15, 0.2) is 0 Å². The first-order chi connectivity index (χ1) is 6.34. The Kier molecular flexibility index (Phi) is 5.64. The fraction of sp³-hybridized carbons (Fsp3) is 1.00. The van der Waals surface area contributed by atoms with Crippen LogP contribution in [0, 0.1) is 0 Å². The number of hydrogen-bond acceptors (Lipinski definition) is 3. The Morgan fingerprint density at radius 2 is 1.86 bits per heavy atom. The van der Waals surface area contributed by atoms with E-state index >= 15 is 0 Å². The molecule has 0 bridgehead atoms.